The highest BCUT2D eigenvalue weighted by Crippen LogP contribution is 2.46. The third-order valence-corrected chi connectivity index (χ3v) is 21.3. The number of carboxylic acid groups (broad SMARTS) is 1. The van der Waals surface area contributed by atoms with E-state index >= 15 is 0 Å². The van der Waals surface area contributed by atoms with E-state index in [1.807, 2.05) is 83.4 Å². The topological polar surface area (TPSA) is 196 Å². The zero-order valence-electron chi connectivity index (χ0n) is 36.0. The molecule has 59 heavy (non-hydrogen) atoms. The van der Waals surface area contributed by atoms with Crippen LogP contribution < -0.4 is 16.2 Å². The Morgan fingerprint density at radius 2 is 1.44 bits per heavy atom. The van der Waals surface area contributed by atoms with Gasteiger partial charge < -0.3 is 28.7 Å². The third kappa shape index (κ3) is 8.66. The molecule has 1 fully saturated rings. The number of hydrogen-bond acceptors (Lipinski definition) is 10. The van der Waals surface area contributed by atoms with Crippen LogP contribution in [0, 0.1) is 5.92 Å². The van der Waals surface area contributed by atoms with Crippen molar-refractivity contribution in [1.82, 2.24) is 24.8 Å². The van der Waals surface area contributed by atoms with Crippen molar-refractivity contribution in [3.63, 3.8) is 0 Å². The minimum atomic E-state index is -2.80. The predicted octanol–water partition coefficient (Wildman–Crippen LogP) is 7.38. The number of aromatic amines is 1. The van der Waals surface area contributed by atoms with Crippen LogP contribution in [0.2, 0.25) is 36.3 Å². The van der Waals surface area contributed by atoms with E-state index in [-0.39, 0.29) is 45.6 Å². The molecule has 1 aliphatic heterocycles. The summed E-state index contributed by atoms with van der Waals surface area (Å²) >= 11 is 0. The van der Waals surface area contributed by atoms with Gasteiger partial charge in [-0.15, -0.1) is 0 Å². The Labute approximate surface area is 346 Å². The number of imidazole rings is 1. The van der Waals surface area contributed by atoms with E-state index in [0.717, 1.165) is 22.3 Å². The van der Waals surface area contributed by atoms with Crippen molar-refractivity contribution in [2.45, 2.75) is 128 Å². The second-order valence-corrected chi connectivity index (χ2v) is 28.4. The molecule has 4 aromatic rings. The summed E-state index contributed by atoms with van der Waals surface area (Å²) in [7, 11) is -5.55. The van der Waals surface area contributed by atoms with Crippen LogP contribution in [0.4, 0.5) is 10.7 Å². The molecule has 0 saturated carbocycles. The Balaban J connectivity index is 1.47. The number of hydrogen-bond donors (Lipinski definition) is 4. The quantitative estimate of drug-likeness (QED) is 0.110. The van der Waals surface area contributed by atoms with Crippen LogP contribution in [0.5, 0.6) is 0 Å². The summed E-state index contributed by atoms with van der Waals surface area (Å²) in [5.41, 5.74) is 3.46. The molecule has 0 bridgehead atoms. The molecule has 6 rings (SSSR count). The highest BCUT2D eigenvalue weighted by Gasteiger charge is 2.57. The molecule has 1 aliphatic carbocycles. The molecule has 0 unspecified atom stereocenters. The van der Waals surface area contributed by atoms with Gasteiger partial charge in [0.05, 0.1) is 12.4 Å². The van der Waals surface area contributed by atoms with Gasteiger partial charge in [0.2, 0.25) is 11.9 Å². The number of ether oxygens (including phenoxy) is 2. The molecular formula is C42H58N6O9Si2. The maximum Gasteiger partial charge on any atom is 0.407 e. The Morgan fingerprint density at radius 1 is 0.898 bits per heavy atom. The minimum absolute atomic E-state index is 0.0113. The van der Waals surface area contributed by atoms with Crippen LogP contribution in [0.15, 0.2) is 59.7 Å². The molecule has 4 N–H and O–H groups in total. The molecule has 5 atom stereocenters. The number of nitrogens with one attached hydrogen (secondary N) is 3. The van der Waals surface area contributed by atoms with E-state index in [9.17, 15) is 24.3 Å². The van der Waals surface area contributed by atoms with Crippen molar-refractivity contribution in [2.24, 2.45) is 5.92 Å². The molecule has 3 heterocycles. The van der Waals surface area contributed by atoms with E-state index in [1.54, 1.807) is 13.8 Å². The fraction of sp³-hybridized carbons (Fsp3) is 0.524. The van der Waals surface area contributed by atoms with Gasteiger partial charge in [-0.2, -0.15) is 4.98 Å². The van der Waals surface area contributed by atoms with Crippen LogP contribution in [0.25, 0.3) is 22.3 Å². The number of nitrogens with zero attached hydrogens (tertiary/aromatic N) is 3. The van der Waals surface area contributed by atoms with E-state index in [4.69, 9.17) is 18.3 Å². The van der Waals surface area contributed by atoms with Gasteiger partial charge in [-0.1, -0.05) is 104 Å². The number of amides is 2. The normalized spacial score (nSPS) is 21.3. The molecule has 17 heteroatoms. The molecule has 2 aliphatic rings. The van der Waals surface area contributed by atoms with Gasteiger partial charge in [0.1, 0.15) is 18.8 Å². The minimum Gasteiger partial charge on any atom is -0.479 e. The lowest BCUT2D eigenvalue weighted by atomic mass is 9.95. The number of benzene rings is 2. The number of anilines is 1. The first-order valence-electron chi connectivity index (χ1n) is 20.0. The number of fused-ring (bicyclic) bond motifs is 4. The van der Waals surface area contributed by atoms with Crippen molar-refractivity contribution in [3.05, 3.63) is 76.3 Å². The Morgan fingerprint density at radius 3 is 1.97 bits per heavy atom. The lowest BCUT2D eigenvalue weighted by Crippen LogP contribution is -2.68. The maximum atomic E-state index is 14.3. The van der Waals surface area contributed by atoms with Crippen molar-refractivity contribution in [3.8, 4) is 11.1 Å². The summed E-state index contributed by atoms with van der Waals surface area (Å²) in [6, 6.07) is 14.9. The summed E-state index contributed by atoms with van der Waals surface area (Å²) in [5.74, 6) is -2.48. The lowest BCUT2D eigenvalue weighted by molar-refractivity contribution is -0.210. The van der Waals surface area contributed by atoms with Crippen LogP contribution in [-0.2, 0) is 27.9 Å². The van der Waals surface area contributed by atoms with Crippen LogP contribution in [-0.4, -0.2) is 90.2 Å². The Bertz CT molecular complexity index is 2250. The number of carboxylic acids is 1. The molecule has 0 spiro atoms. The second kappa shape index (κ2) is 16.1. The molecule has 2 aromatic carbocycles. The maximum absolute atomic E-state index is 14.3. The number of aromatic nitrogens is 4. The van der Waals surface area contributed by atoms with E-state index in [2.05, 4.69) is 58.5 Å². The predicted molar refractivity (Wildman–Crippen MR) is 229 cm³/mol. The summed E-state index contributed by atoms with van der Waals surface area (Å²) in [6.45, 7) is 23.9. The van der Waals surface area contributed by atoms with Gasteiger partial charge in [-0.3, -0.25) is 24.5 Å². The molecule has 318 valence electrons. The third-order valence-electron chi connectivity index (χ3n) is 12.4. The summed E-state index contributed by atoms with van der Waals surface area (Å²) < 4.78 is 28.2. The average molecular weight is 847 g/mol. The molecule has 1 saturated heterocycles. The van der Waals surface area contributed by atoms with Gasteiger partial charge in [0.25, 0.3) is 5.56 Å². The second-order valence-electron chi connectivity index (χ2n) is 18.8. The standard InChI is InChI=1S/C42H58N6O9Si2/c1-23(2)35(49)46-39-45-34-30(36(50)47-39)43-22-48(34)37-29(44-40(53)54-21-28-26-19-15-13-17-24(26)25-18-14-16-20-27(25)28)31(56-58(9,10)41(3,4)5)32(33(55-37)38(51)52)57-59(11,12)42(6,7)8/h13-20,22-23,28-29,31-33,37H,21H2,1-12H3,(H,44,53)(H,51,52)(H2,45,46,47,49,50)/t29-,31-,32+,33+,37-/m1/s1. The van der Waals surface area contributed by atoms with E-state index < -0.39 is 70.8 Å². The van der Waals surface area contributed by atoms with Gasteiger partial charge in [0, 0.05) is 11.8 Å². The first kappa shape index (κ1) is 43.9. The monoisotopic (exact) mass is 846 g/mol. The summed E-state index contributed by atoms with van der Waals surface area (Å²) in [5, 5.41) is 15.9. The van der Waals surface area contributed by atoms with Gasteiger partial charge in [-0.05, 0) is 58.5 Å². The van der Waals surface area contributed by atoms with Crippen molar-refractivity contribution < 1.29 is 37.8 Å². The van der Waals surface area contributed by atoms with E-state index in [0.29, 0.717) is 0 Å². The molecule has 15 nitrogen and oxygen atoms in total. The molecule has 2 aromatic heterocycles. The van der Waals surface area contributed by atoms with Crippen molar-refractivity contribution >= 4 is 51.7 Å². The molecular weight excluding hydrogens is 789 g/mol. The summed E-state index contributed by atoms with van der Waals surface area (Å²) in [4.78, 5) is 65.1. The van der Waals surface area contributed by atoms with Gasteiger partial charge in [0.15, 0.2) is 40.1 Å². The molecule has 2 amide bonds. The highest BCUT2D eigenvalue weighted by molar-refractivity contribution is 6.74. The number of aliphatic carboxylic acids is 1. The van der Waals surface area contributed by atoms with Crippen LogP contribution in [0.3, 0.4) is 0 Å². The van der Waals surface area contributed by atoms with Gasteiger partial charge in [-0.25, -0.2) is 14.6 Å². The van der Waals surface area contributed by atoms with Crippen molar-refractivity contribution in [2.75, 3.05) is 11.9 Å². The van der Waals surface area contributed by atoms with Crippen LogP contribution in [0.1, 0.15) is 78.7 Å². The number of carbonyl (C=O) groups is 3. The van der Waals surface area contributed by atoms with Crippen LogP contribution >= 0.6 is 0 Å². The highest BCUT2D eigenvalue weighted by atomic mass is 28.4. The van der Waals surface area contributed by atoms with Gasteiger partial charge >= 0.3 is 12.1 Å². The number of rotatable bonds is 11. The fourth-order valence-electron chi connectivity index (χ4n) is 6.95. The number of alkyl carbamates (subject to hydrolysis) is 1. The largest absolute Gasteiger partial charge is 0.479 e. The Kier molecular flexibility index (Phi) is 11.9. The van der Waals surface area contributed by atoms with E-state index in [1.165, 1.54) is 10.9 Å². The zero-order valence-corrected chi connectivity index (χ0v) is 38.0. The number of H-pyrrole nitrogens is 1. The number of carbonyl (C=O) groups excluding carboxylic acids is 2. The zero-order chi connectivity index (χ0) is 43.4. The summed E-state index contributed by atoms with van der Waals surface area (Å²) in [6.07, 6.45) is -4.75. The Hall–Kier alpha value is -4.69. The average Bonchev–Trinajstić information content (AvgIpc) is 3.70. The first-order valence-corrected chi connectivity index (χ1v) is 25.9. The lowest BCUT2D eigenvalue weighted by Gasteiger charge is -2.52. The van der Waals surface area contributed by atoms with Crippen molar-refractivity contribution in [1.29, 1.82) is 0 Å². The smallest absolute Gasteiger partial charge is 0.407 e. The first-order chi connectivity index (χ1) is 27.4. The molecule has 0 radical (unpaired) electrons. The SMILES string of the molecule is CC(C)C(=O)Nc1nc2c(ncn2[C@@H]2O[C@H](C(=O)O)[C@@H](O[Si](C)(C)C(C)(C)C)[C@H](O[Si](C)(C)C(C)(C)C)[C@H]2NC(=O)OCC2c3ccccc3-c3ccccc32)c(=O)[nH]1. The fourth-order valence-corrected chi connectivity index (χ4v) is 9.56.